The van der Waals surface area contributed by atoms with Gasteiger partial charge >= 0.3 is 0 Å². The molecule has 0 spiro atoms. The molecule has 5 rings (SSSR count). The van der Waals surface area contributed by atoms with E-state index in [4.69, 9.17) is 20.8 Å². The second-order valence-corrected chi connectivity index (χ2v) is 9.71. The summed E-state index contributed by atoms with van der Waals surface area (Å²) in [6, 6.07) is 12.5. The Morgan fingerprint density at radius 1 is 1.08 bits per heavy atom. The molecule has 0 atom stereocenters. The van der Waals surface area contributed by atoms with Crippen molar-refractivity contribution in [1.82, 2.24) is 15.6 Å². The number of hydrogen-bond donors (Lipinski definition) is 2. The Kier molecular flexibility index (Phi) is 6.37. The highest BCUT2D eigenvalue weighted by molar-refractivity contribution is 6.33. The average molecular weight is 522 g/mol. The second-order valence-electron chi connectivity index (χ2n) is 9.36. The van der Waals surface area contributed by atoms with Gasteiger partial charge in [0.2, 0.25) is 5.71 Å². The van der Waals surface area contributed by atoms with Crippen LogP contribution in [0.25, 0.3) is 33.6 Å². The molecule has 9 heteroatoms. The van der Waals surface area contributed by atoms with Crippen LogP contribution in [-0.4, -0.2) is 36.5 Å². The summed E-state index contributed by atoms with van der Waals surface area (Å²) in [6.45, 7) is 2.03. The summed E-state index contributed by atoms with van der Waals surface area (Å²) < 4.78 is 24.9. The van der Waals surface area contributed by atoms with E-state index in [2.05, 4.69) is 15.6 Å². The average Bonchev–Trinajstić information content (AvgIpc) is 3.24. The lowest BCUT2D eigenvalue weighted by Gasteiger charge is -2.39. The lowest BCUT2D eigenvalue weighted by atomic mass is 9.78. The van der Waals surface area contributed by atoms with Crippen molar-refractivity contribution in [2.75, 3.05) is 14.2 Å². The highest BCUT2D eigenvalue weighted by atomic mass is 35.5. The Morgan fingerprint density at radius 3 is 2.41 bits per heavy atom. The third kappa shape index (κ3) is 4.53. The molecule has 190 valence electrons. The van der Waals surface area contributed by atoms with Crippen molar-refractivity contribution >= 4 is 34.5 Å². The van der Waals surface area contributed by atoms with E-state index in [-0.39, 0.29) is 33.6 Å². The number of aromatic nitrogens is 1. The van der Waals surface area contributed by atoms with Crippen molar-refractivity contribution in [1.29, 1.82) is 0 Å². The summed E-state index contributed by atoms with van der Waals surface area (Å²) in [6.07, 6.45) is 2.92. The van der Waals surface area contributed by atoms with Crippen LogP contribution in [0.1, 0.15) is 46.9 Å². The quantitative estimate of drug-likeness (QED) is 0.304. The van der Waals surface area contributed by atoms with Gasteiger partial charge in [0.05, 0.1) is 23.6 Å². The molecule has 2 amide bonds. The Hall–Kier alpha value is -3.91. The molecule has 37 heavy (non-hydrogen) atoms. The number of carbonyl (C=O) groups is 2. The fourth-order valence-corrected chi connectivity index (χ4v) is 4.83. The maximum absolute atomic E-state index is 13.5. The molecule has 2 aromatic heterocycles. The molecule has 0 radical (unpaired) electrons. The number of halogens is 2. The number of hydrogen-bond acceptors (Lipinski definition) is 5. The van der Waals surface area contributed by atoms with Crippen molar-refractivity contribution in [2.45, 2.75) is 31.7 Å². The van der Waals surface area contributed by atoms with Crippen LogP contribution in [0, 0.1) is 5.82 Å². The number of nitrogens with zero attached hydrogens (tertiary/aromatic N) is 1. The molecule has 2 aromatic carbocycles. The molecule has 0 unspecified atom stereocenters. The summed E-state index contributed by atoms with van der Waals surface area (Å²) in [7, 11) is 3.02. The maximum Gasteiger partial charge on any atom is 0.255 e. The van der Waals surface area contributed by atoms with E-state index < -0.39 is 11.7 Å². The number of pyridine rings is 1. The molecule has 1 saturated carbocycles. The smallest absolute Gasteiger partial charge is 0.255 e. The zero-order chi connectivity index (χ0) is 26.3. The number of nitrogens with one attached hydrogen (secondary N) is 2. The first-order valence-electron chi connectivity index (χ1n) is 11.8. The Labute approximate surface area is 218 Å². The monoisotopic (exact) mass is 521 g/mol. The largest absolute Gasteiger partial charge is 0.496 e. The molecule has 1 aliphatic rings. The van der Waals surface area contributed by atoms with Crippen LogP contribution in [0.3, 0.4) is 0 Å². The number of methoxy groups -OCH3 is 1. The van der Waals surface area contributed by atoms with Gasteiger partial charge in [-0.25, -0.2) is 9.37 Å². The zero-order valence-corrected chi connectivity index (χ0v) is 21.3. The highest BCUT2D eigenvalue weighted by Gasteiger charge is 2.34. The first kappa shape index (κ1) is 24.8. The SMILES string of the molecule is CNC(=O)c1c(-c2ccc(F)cc2)oc2nc(Cl)c(-c3ccc(OC)c(C(=O)NC4(C)CCC4)c3)cc12. The van der Waals surface area contributed by atoms with Crippen LogP contribution >= 0.6 is 11.6 Å². The Morgan fingerprint density at radius 2 is 1.78 bits per heavy atom. The molecule has 4 aromatic rings. The minimum Gasteiger partial charge on any atom is -0.496 e. The normalized spacial score (nSPS) is 14.2. The van der Waals surface area contributed by atoms with E-state index >= 15 is 0 Å². The van der Waals surface area contributed by atoms with Crippen molar-refractivity contribution in [3.8, 4) is 28.2 Å². The molecule has 1 fully saturated rings. The minimum absolute atomic E-state index is 0.137. The van der Waals surface area contributed by atoms with Crippen molar-refractivity contribution in [2.24, 2.45) is 0 Å². The number of amides is 2. The third-order valence-corrected chi connectivity index (χ3v) is 7.11. The maximum atomic E-state index is 13.5. The van der Waals surface area contributed by atoms with E-state index in [9.17, 15) is 14.0 Å². The predicted octanol–water partition coefficient (Wildman–Crippen LogP) is 5.99. The van der Waals surface area contributed by atoms with E-state index in [0.29, 0.717) is 33.4 Å². The number of carbonyl (C=O) groups excluding carboxylic acids is 2. The van der Waals surface area contributed by atoms with Crippen LogP contribution in [0.15, 0.2) is 52.9 Å². The highest BCUT2D eigenvalue weighted by Crippen LogP contribution is 2.39. The lowest BCUT2D eigenvalue weighted by Crippen LogP contribution is -2.50. The van der Waals surface area contributed by atoms with Crippen LogP contribution in [0.2, 0.25) is 5.15 Å². The van der Waals surface area contributed by atoms with Crippen molar-refractivity contribution in [3.63, 3.8) is 0 Å². The van der Waals surface area contributed by atoms with Crippen molar-refractivity contribution in [3.05, 3.63) is 70.6 Å². The Balaban J connectivity index is 1.64. The van der Waals surface area contributed by atoms with E-state index in [1.54, 1.807) is 24.3 Å². The summed E-state index contributed by atoms with van der Waals surface area (Å²) in [5, 5.41) is 6.29. The fourth-order valence-electron chi connectivity index (χ4n) is 4.59. The summed E-state index contributed by atoms with van der Waals surface area (Å²) >= 11 is 6.57. The third-order valence-electron chi connectivity index (χ3n) is 6.82. The van der Waals surface area contributed by atoms with Crippen LogP contribution in [-0.2, 0) is 0 Å². The molecule has 2 N–H and O–H groups in total. The fraction of sp³-hybridized carbons (Fsp3) is 0.250. The van der Waals surface area contributed by atoms with Gasteiger partial charge in [0.25, 0.3) is 11.8 Å². The second kappa shape index (κ2) is 9.52. The molecule has 2 heterocycles. The van der Waals surface area contributed by atoms with Crippen LogP contribution in [0.4, 0.5) is 4.39 Å². The van der Waals surface area contributed by atoms with Gasteiger partial charge in [0.1, 0.15) is 22.5 Å². The number of ether oxygens (including phenoxy) is 1. The molecule has 0 saturated heterocycles. The zero-order valence-electron chi connectivity index (χ0n) is 20.6. The number of furan rings is 1. The van der Waals surface area contributed by atoms with Gasteiger partial charge in [-0.1, -0.05) is 17.7 Å². The number of fused-ring (bicyclic) bond motifs is 1. The van der Waals surface area contributed by atoms with E-state index in [0.717, 1.165) is 19.3 Å². The minimum atomic E-state index is -0.407. The van der Waals surface area contributed by atoms with Gasteiger partial charge in [0.15, 0.2) is 0 Å². The summed E-state index contributed by atoms with van der Waals surface area (Å²) in [5.74, 6) is -0.355. The topological polar surface area (TPSA) is 93.5 Å². The Bertz CT molecular complexity index is 1530. The van der Waals surface area contributed by atoms with Crippen LogP contribution in [0.5, 0.6) is 5.75 Å². The van der Waals surface area contributed by atoms with Gasteiger partial charge in [-0.05, 0) is 74.2 Å². The molecule has 7 nitrogen and oxygen atoms in total. The van der Waals surface area contributed by atoms with E-state index in [1.165, 1.54) is 38.4 Å². The van der Waals surface area contributed by atoms with Gasteiger partial charge in [-0.15, -0.1) is 0 Å². The van der Waals surface area contributed by atoms with Gasteiger partial charge < -0.3 is 19.8 Å². The first-order valence-corrected chi connectivity index (χ1v) is 12.2. The molecular weight excluding hydrogens is 497 g/mol. The van der Waals surface area contributed by atoms with E-state index in [1.807, 2.05) is 6.92 Å². The van der Waals surface area contributed by atoms with Crippen molar-refractivity contribution < 1.29 is 23.1 Å². The standard InChI is InChI=1S/C28H25ClFN3O4/c1-28(11-4-12-28)33-25(34)19-13-16(7-10-21(19)36-3)18-14-20-22(26(35)31-2)23(37-27(20)32-24(18)29)15-5-8-17(30)9-6-15/h5-10,13-14H,4,11-12H2,1-3H3,(H,31,35)(H,33,34). The van der Waals surface area contributed by atoms with Gasteiger partial charge in [-0.2, -0.15) is 0 Å². The molecule has 1 aliphatic carbocycles. The molecule has 0 bridgehead atoms. The summed E-state index contributed by atoms with van der Waals surface area (Å²) in [5.41, 5.74) is 2.20. The molecule has 0 aliphatic heterocycles. The number of rotatable bonds is 6. The van der Waals surface area contributed by atoms with Gasteiger partial charge in [0, 0.05) is 23.7 Å². The predicted molar refractivity (Wildman–Crippen MR) is 140 cm³/mol. The number of benzene rings is 2. The first-order chi connectivity index (χ1) is 17.7. The lowest BCUT2D eigenvalue weighted by molar-refractivity contribution is 0.0846. The summed E-state index contributed by atoms with van der Waals surface area (Å²) in [4.78, 5) is 30.5. The van der Waals surface area contributed by atoms with Gasteiger partial charge in [-0.3, -0.25) is 9.59 Å². The molecular formula is C28H25ClFN3O4. The van der Waals surface area contributed by atoms with Crippen LogP contribution < -0.4 is 15.4 Å².